The molecule has 16 heavy (non-hydrogen) atoms. The molecule has 2 rings (SSSR count). The topological polar surface area (TPSA) is 17.1 Å². The molecule has 0 aromatic rings. The van der Waals surface area contributed by atoms with Crippen LogP contribution in [-0.2, 0) is 4.79 Å². The summed E-state index contributed by atoms with van der Waals surface area (Å²) in [5.41, 5.74) is 4.91. The summed E-state index contributed by atoms with van der Waals surface area (Å²) in [5, 5.41) is 0. The molecule has 0 spiro atoms. The van der Waals surface area contributed by atoms with Crippen molar-refractivity contribution in [3.63, 3.8) is 0 Å². The van der Waals surface area contributed by atoms with Gasteiger partial charge in [0.1, 0.15) is 0 Å². The van der Waals surface area contributed by atoms with E-state index in [4.69, 9.17) is 0 Å². The fraction of sp³-hybridized carbons (Fsp3) is 0.533. The van der Waals surface area contributed by atoms with Crippen molar-refractivity contribution in [1.82, 2.24) is 0 Å². The van der Waals surface area contributed by atoms with Crippen LogP contribution in [0.15, 0.2) is 34.4 Å². The van der Waals surface area contributed by atoms with E-state index in [0.717, 1.165) is 5.57 Å². The van der Waals surface area contributed by atoms with E-state index in [2.05, 4.69) is 33.8 Å². The summed E-state index contributed by atoms with van der Waals surface area (Å²) in [5.74, 6) is 1.13. The number of carbonyl (C=O) groups excluding carboxylic acids is 1. The zero-order chi connectivity index (χ0) is 11.9. The molecule has 0 saturated heterocycles. The van der Waals surface area contributed by atoms with Crippen LogP contribution in [0.2, 0.25) is 0 Å². The van der Waals surface area contributed by atoms with Crippen molar-refractivity contribution in [2.24, 2.45) is 11.8 Å². The van der Waals surface area contributed by atoms with Crippen LogP contribution in [-0.4, -0.2) is 5.78 Å². The summed E-state index contributed by atoms with van der Waals surface area (Å²) in [7, 11) is 0. The lowest BCUT2D eigenvalue weighted by Crippen LogP contribution is -2.28. The van der Waals surface area contributed by atoms with Crippen molar-refractivity contribution in [3.8, 4) is 0 Å². The Labute approximate surface area is 97.9 Å². The van der Waals surface area contributed by atoms with Crippen LogP contribution >= 0.6 is 0 Å². The van der Waals surface area contributed by atoms with Crippen LogP contribution in [0.5, 0.6) is 0 Å². The Morgan fingerprint density at radius 2 is 2.00 bits per heavy atom. The van der Waals surface area contributed by atoms with Gasteiger partial charge in [-0.05, 0) is 52.5 Å². The summed E-state index contributed by atoms with van der Waals surface area (Å²) >= 11 is 0. The number of hydrogen-bond donors (Lipinski definition) is 0. The molecule has 2 unspecified atom stereocenters. The van der Waals surface area contributed by atoms with Gasteiger partial charge in [0, 0.05) is 11.5 Å². The molecule has 0 aromatic carbocycles. The number of carbonyl (C=O) groups is 1. The summed E-state index contributed by atoms with van der Waals surface area (Å²) in [6.45, 7) is 8.38. The largest absolute Gasteiger partial charge is 0.290 e. The third-order valence-corrected chi connectivity index (χ3v) is 3.83. The molecule has 0 bridgehead atoms. The van der Waals surface area contributed by atoms with Crippen molar-refractivity contribution in [3.05, 3.63) is 34.4 Å². The maximum absolute atomic E-state index is 12.0. The minimum absolute atomic E-state index is 0.227. The molecule has 0 heterocycles. The average Bonchev–Trinajstić information content (AvgIpc) is 2.15. The highest BCUT2D eigenvalue weighted by Gasteiger charge is 2.34. The Hall–Kier alpha value is -1.11. The Kier molecular flexibility index (Phi) is 2.88. The molecule has 0 radical (unpaired) electrons. The first-order valence-corrected chi connectivity index (χ1v) is 6.08. The zero-order valence-corrected chi connectivity index (χ0v) is 10.6. The number of hydrogen-bond acceptors (Lipinski definition) is 1. The first kappa shape index (κ1) is 11.4. The van der Waals surface area contributed by atoms with Crippen molar-refractivity contribution >= 4 is 5.78 Å². The molecule has 1 nitrogen and oxygen atoms in total. The number of rotatable bonds is 0. The SMILES string of the molecule is CC1=CC2C(=C(C)C)C(=O)C=C(C)C2CC1. The highest BCUT2D eigenvalue weighted by Crippen LogP contribution is 2.42. The Bertz CT molecular complexity index is 417. The summed E-state index contributed by atoms with van der Waals surface area (Å²) in [4.78, 5) is 12.0. The van der Waals surface area contributed by atoms with Gasteiger partial charge in [-0.15, -0.1) is 0 Å². The standard InChI is InChI=1S/C15H20O/c1-9(2)15-13-7-10(3)5-6-12(13)11(4)8-14(15)16/h7-8,12-13H,5-6H2,1-4H3. The Morgan fingerprint density at radius 1 is 1.31 bits per heavy atom. The number of fused-ring (bicyclic) bond motifs is 1. The van der Waals surface area contributed by atoms with E-state index >= 15 is 0 Å². The average molecular weight is 216 g/mol. The normalized spacial score (nSPS) is 29.5. The first-order valence-electron chi connectivity index (χ1n) is 6.08. The van der Waals surface area contributed by atoms with Crippen LogP contribution in [0.3, 0.4) is 0 Å². The van der Waals surface area contributed by atoms with Crippen LogP contribution in [0, 0.1) is 11.8 Å². The molecule has 0 aliphatic heterocycles. The second-order valence-electron chi connectivity index (χ2n) is 5.35. The Morgan fingerprint density at radius 3 is 2.62 bits per heavy atom. The summed E-state index contributed by atoms with van der Waals surface area (Å²) in [6.07, 6.45) is 6.53. The molecule has 86 valence electrons. The maximum Gasteiger partial charge on any atom is 0.182 e. The highest BCUT2D eigenvalue weighted by atomic mass is 16.1. The predicted molar refractivity (Wildman–Crippen MR) is 67.1 cm³/mol. The van der Waals surface area contributed by atoms with E-state index in [1.54, 1.807) is 0 Å². The number of allylic oxidation sites excluding steroid dienone is 6. The van der Waals surface area contributed by atoms with Gasteiger partial charge in [-0.2, -0.15) is 0 Å². The van der Waals surface area contributed by atoms with E-state index in [0.29, 0.717) is 11.8 Å². The van der Waals surface area contributed by atoms with Gasteiger partial charge in [0.05, 0.1) is 0 Å². The third-order valence-electron chi connectivity index (χ3n) is 3.83. The van der Waals surface area contributed by atoms with Gasteiger partial charge >= 0.3 is 0 Å². The van der Waals surface area contributed by atoms with E-state index in [1.165, 1.54) is 29.6 Å². The molecule has 2 aliphatic carbocycles. The molecular formula is C15H20O. The Balaban J connectivity index is 2.53. The van der Waals surface area contributed by atoms with Gasteiger partial charge in [0.2, 0.25) is 0 Å². The first-order chi connectivity index (χ1) is 7.50. The minimum Gasteiger partial charge on any atom is -0.290 e. The van der Waals surface area contributed by atoms with E-state index < -0.39 is 0 Å². The molecule has 0 saturated carbocycles. The maximum atomic E-state index is 12.0. The second kappa shape index (κ2) is 4.04. The molecule has 2 aliphatic rings. The summed E-state index contributed by atoms with van der Waals surface area (Å²) in [6, 6.07) is 0. The van der Waals surface area contributed by atoms with Crippen molar-refractivity contribution in [2.45, 2.75) is 40.5 Å². The molecule has 0 N–H and O–H groups in total. The molecular weight excluding hydrogens is 196 g/mol. The molecule has 2 atom stereocenters. The lowest BCUT2D eigenvalue weighted by molar-refractivity contribution is -0.112. The minimum atomic E-state index is 0.227. The van der Waals surface area contributed by atoms with Crippen LogP contribution in [0.4, 0.5) is 0 Å². The van der Waals surface area contributed by atoms with Crippen molar-refractivity contribution in [1.29, 1.82) is 0 Å². The van der Waals surface area contributed by atoms with Gasteiger partial charge in [-0.1, -0.05) is 22.8 Å². The second-order valence-corrected chi connectivity index (χ2v) is 5.35. The van der Waals surface area contributed by atoms with Crippen molar-refractivity contribution < 1.29 is 4.79 Å². The predicted octanol–water partition coefficient (Wildman–Crippen LogP) is 3.82. The molecule has 1 heteroatoms. The van der Waals surface area contributed by atoms with E-state index in [-0.39, 0.29) is 5.78 Å². The fourth-order valence-electron chi connectivity index (χ4n) is 3.00. The lowest BCUT2D eigenvalue weighted by atomic mass is 9.68. The molecule has 0 fully saturated rings. The summed E-state index contributed by atoms with van der Waals surface area (Å²) < 4.78 is 0. The smallest absolute Gasteiger partial charge is 0.182 e. The van der Waals surface area contributed by atoms with Gasteiger partial charge in [0.25, 0.3) is 0 Å². The van der Waals surface area contributed by atoms with Crippen LogP contribution in [0.25, 0.3) is 0 Å². The lowest BCUT2D eigenvalue weighted by Gasteiger charge is -2.35. The monoisotopic (exact) mass is 216 g/mol. The van der Waals surface area contributed by atoms with Gasteiger partial charge in [-0.25, -0.2) is 0 Å². The molecule has 0 aromatic heterocycles. The van der Waals surface area contributed by atoms with Crippen LogP contribution < -0.4 is 0 Å². The highest BCUT2D eigenvalue weighted by molar-refractivity contribution is 6.06. The van der Waals surface area contributed by atoms with Crippen LogP contribution in [0.1, 0.15) is 40.5 Å². The quantitative estimate of drug-likeness (QED) is 0.444. The molecule has 0 amide bonds. The van der Waals surface area contributed by atoms with E-state index in [1.807, 2.05) is 6.08 Å². The van der Waals surface area contributed by atoms with Gasteiger partial charge < -0.3 is 0 Å². The van der Waals surface area contributed by atoms with Gasteiger partial charge in [-0.3, -0.25) is 4.79 Å². The zero-order valence-electron chi connectivity index (χ0n) is 10.6. The van der Waals surface area contributed by atoms with E-state index in [9.17, 15) is 4.79 Å². The van der Waals surface area contributed by atoms with Gasteiger partial charge in [0.15, 0.2) is 5.78 Å². The van der Waals surface area contributed by atoms with Crippen molar-refractivity contribution in [2.75, 3.05) is 0 Å². The third kappa shape index (κ3) is 1.79. The number of ketones is 1. The fourth-order valence-corrected chi connectivity index (χ4v) is 3.00.